The Kier molecular flexibility index (Phi) is 6.13. The molecular weight excluding hydrogens is 290 g/mol. The summed E-state index contributed by atoms with van der Waals surface area (Å²) in [6, 6.07) is 5.47. The van der Waals surface area contributed by atoms with Gasteiger partial charge in [0, 0.05) is 18.6 Å². The van der Waals surface area contributed by atoms with Gasteiger partial charge in [0.05, 0.1) is 0 Å². The molecule has 2 heterocycles. The Balaban J connectivity index is 2.15. The summed E-state index contributed by atoms with van der Waals surface area (Å²) in [5, 5.41) is 2.89. The minimum Gasteiger partial charge on any atom is -0.348 e. The Bertz CT molecular complexity index is 559. The fourth-order valence-corrected chi connectivity index (χ4v) is 2.92. The third kappa shape index (κ3) is 4.30. The molecule has 2 rings (SSSR count). The van der Waals surface area contributed by atoms with Gasteiger partial charge in [-0.15, -0.1) is 0 Å². The minimum absolute atomic E-state index is 0.0604. The highest BCUT2D eigenvalue weighted by Gasteiger charge is 2.27. The number of carbonyl (C=O) groups is 2. The number of pyridine rings is 1. The summed E-state index contributed by atoms with van der Waals surface area (Å²) in [6.45, 7) is 6.86. The molecule has 5 nitrogen and oxygen atoms in total. The molecule has 0 aromatic carbocycles. The van der Waals surface area contributed by atoms with Crippen molar-refractivity contribution in [3.8, 4) is 0 Å². The minimum atomic E-state index is -0.223. The van der Waals surface area contributed by atoms with Crippen LogP contribution in [0.2, 0.25) is 0 Å². The lowest BCUT2D eigenvalue weighted by Gasteiger charge is -2.35. The van der Waals surface area contributed by atoms with Crippen LogP contribution in [0.15, 0.2) is 18.2 Å². The van der Waals surface area contributed by atoms with Crippen LogP contribution in [0, 0.1) is 0 Å². The molecule has 23 heavy (non-hydrogen) atoms. The van der Waals surface area contributed by atoms with Crippen molar-refractivity contribution in [1.29, 1.82) is 0 Å². The number of hydrogen-bond acceptors (Lipinski definition) is 3. The molecule has 0 radical (unpaired) electrons. The van der Waals surface area contributed by atoms with Crippen LogP contribution in [0.25, 0.3) is 0 Å². The van der Waals surface area contributed by atoms with E-state index >= 15 is 0 Å². The van der Waals surface area contributed by atoms with Gasteiger partial charge < -0.3 is 10.2 Å². The van der Waals surface area contributed by atoms with Crippen LogP contribution in [0.5, 0.6) is 0 Å². The first-order chi connectivity index (χ1) is 11.1. The van der Waals surface area contributed by atoms with Crippen LogP contribution in [-0.4, -0.2) is 40.3 Å². The molecule has 1 N–H and O–H groups in total. The smallest absolute Gasteiger partial charge is 0.272 e. The van der Waals surface area contributed by atoms with Crippen molar-refractivity contribution in [2.45, 2.75) is 65.0 Å². The van der Waals surface area contributed by atoms with Gasteiger partial charge in [-0.25, -0.2) is 4.98 Å². The number of aromatic nitrogens is 1. The van der Waals surface area contributed by atoms with Crippen LogP contribution < -0.4 is 5.32 Å². The second-order valence-electron chi connectivity index (χ2n) is 6.25. The Morgan fingerprint density at radius 3 is 2.74 bits per heavy atom. The van der Waals surface area contributed by atoms with Gasteiger partial charge in [-0.05, 0) is 51.2 Å². The maximum Gasteiger partial charge on any atom is 0.272 e. The summed E-state index contributed by atoms with van der Waals surface area (Å²) in [6.07, 6.45) is 5.08. The number of likely N-dealkylation sites (tertiary alicyclic amines) is 1. The molecule has 2 amide bonds. The Morgan fingerprint density at radius 1 is 1.30 bits per heavy atom. The van der Waals surface area contributed by atoms with Gasteiger partial charge in [-0.2, -0.15) is 0 Å². The predicted molar refractivity (Wildman–Crippen MR) is 90.4 cm³/mol. The van der Waals surface area contributed by atoms with Gasteiger partial charge in [-0.3, -0.25) is 9.59 Å². The summed E-state index contributed by atoms with van der Waals surface area (Å²) in [4.78, 5) is 31.2. The molecular formula is C18H27N3O2. The highest BCUT2D eigenvalue weighted by molar-refractivity contribution is 5.96. The number of carbonyl (C=O) groups excluding carboxylic acids is 2. The molecule has 1 aromatic heterocycles. The molecule has 126 valence electrons. The third-order valence-corrected chi connectivity index (χ3v) is 4.55. The van der Waals surface area contributed by atoms with Gasteiger partial charge in [-0.1, -0.05) is 19.9 Å². The maximum absolute atomic E-state index is 12.8. The van der Waals surface area contributed by atoms with Crippen LogP contribution in [0.1, 0.15) is 73.9 Å². The summed E-state index contributed by atoms with van der Waals surface area (Å²) in [5.74, 6) is -0.283. The lowest BCUT2D eigenvalue weighted by molar-refractivity contribution is 0.0602. The van der Waals surface area contributed by atoms with E-state index in [1.165, 1.54) is 6.42 Å². The summed E-state index contributed by atoms with van der Waals surface area (Å²) in [7, 11) is 0. The molecule has 1 aliphatic heterocycles. The maximum atomic E-state index is 12.8. The number of nitrogens with zero attached hydrogens (tertiary/aromatic N) is 2. The molecule has 0 bridgehead atoms. The van der Waals surface area contributed by atoms with Gasteiger partial charge in [0.1, 0.15) is 11.4 Å². The monoisotopic (exact) mass is 317 g/mol. The van der Waals surface area contributed by atoms with E-state index in [0.29, 0.717) is 11.4 Å². The predicted octanol–water partition coefficient (Wildman–Crippen LogP) is 3.01. The summed E-state index contributed by atoms with van der Waals surface area (Å²) >= 11 is 0. The quantitative estimate of drug-likeness (QED) is 0.908. The molecule has 1 aliphatic rings. The number of rotatable bonds is 5. The standard InChI is InChI=1S/C18H27N3O2/c1-4-13(3)19-17(22)15-10-8-11-16(20-15)18(23)21-12-7-6-9-14(21)5-2/h8,10-11,13-14H,4-7,9,12H2,1-3H3,(H,19,22). The topological polar surface area (TPSA) is 62.3 Å². The highest BCUT2D eigenvalue weighted by Crippen LogP contribution is 2.21. The SMILES string of the molecule is CCC(C)NC(=O)c1cccc(C(=O)N2CCCCC2CC)n1. The van der Waals surface area contributed by atoms with Gasteiger partial charge in [0.25, 0.3) is 11.8 Å². The van der Waals surface area contributed by atoms with E-state index in [9.17, 15) is 9.59 Å². The van der Waals surface area contributed by atoms with E-state index in [1.54, 1.807) is 18.2 Å². The number of piperidine rings is 1. The van der Waals surface area contributed by atoms with Crippen molar-refractivity contribution in [2.75, 3.05) is 6.54 Å². The summed E-state index contributed by atoms with van der Waals surface area (Å²) in [5.41, 5.74) is 0.670. The lowest BCUT2D eigenvalue weighted by Crippen LogP contribution is -2.43. The second kappa shape index (κ2) is 8.09. The normalized spacial score (nSPS) is 19.3. The van der Waals surface area contributed by atoms with Crippen molar-refractivity contribution in [3.63, 3.8) is 0 Å². The zero-order valence-electron chi connectivity index (χ0n) is 14.3. The van der Waals surface area contributed by atoms with Gasteiger partial charge >= 0.3 is 0 Å². The molecule has 1 saturated heterocycles. The molecule has 1 fully saturated rings. The first-order valence-corrected chi connectivity index (χ1v) is 8.65. The van der Waals surface area contributed by atoms with E-state index in [1.807, 2.05) is 18.7 Å². The van der Waals surface area contributed by atoms with Gasteiger partial charge in [0.2, 0.25) is 0 Å². The van der Waals surface area contributed by atoms with Crippen LogP contribution in [0.3, 0.4) is 0 Å². The molecule has 0 aliphatic carbocycles. The van der Waals surface area contributed by atoms with Crippen molar-refractivity contribution < 1.29 is 9.59 Å². The average molecular weight is 317 g/mol. The van der Waals surface area contributed by atoms with Crippen LogP contribution >= 0.6 is 0 Å². The van der Waals surface area contributed by atoms with Gasteiger partial charge in [0.15, 0.2) is 0 Å². The average Bonchev–Trinajstić information content (AvgIpc) is 2.60. The van der Waals surface area contributed by atoms with E-state index in [4.69, 9.17) is 0 Å². The first-order valence-electron chi connectivity index (χ1n) is 8.65. The fraction of sp³-hybridized carbons (Fsp3) is 0.611. The zero-order chi connectivity index (χ0) is 16.8. The first kappa shape index (κ1) is 17.4. The van der Waals surface area contributed by atoms with E-state index in [2.05, 4.69) is 17.2 Å². The second-order valence-corrected chi connectivity index (χ2v) is 6.25. The Hall–Kier alpha value is -1.91. The Labute approximate surface area is 138 Å². The van der Waals surface area contributed by atoms with E-state index < -0.39 is 0 Å². The van der Waals surface area contributed by atoms with Crippen molar-refractivity contribution in [2.24, 2.45) is 0 Å². The number of hydrogen-bond donors (Lipinski definition) is 1. The zero-order valence-corrected chi connectivity index (χ0v) is 14.3. The molecule has 2 atom stereocenters. The third-order valence-electron chi connectivity index (χ3n) is 4.55. The van der Waals surface area contributed by atoms with Crippen molar-refractivity contribution >= 4 is 11.8 Å². The van der Waals surface area contributed by atoms with Crippen molar-refractivity contribution in [1.82, 2.24) is 15.2 Å². The molecule has 2 unspecified atom stereocenters. The fourth-order valence-electron chi connectivity index (χ4n) is 2.92. The molecule has 5 heteroatoms. The van der Waals surface area contributed by atoms with Crippen LogP contribution in [-0.2, 0) is 0 Å². The molecule has 1 aromatic rings. The Morgan fingerprint density at radius 2 is 2.04 bits per heavy atom. The largest absolute Gasteiger partial charge is 0.348 e. The van der Waals surface area contributed by atoms with Crippen LogP contribution in [0.4, 0.5) is 0 Å². The number of nitrogens with one attached hydrogen (secondary N) is 1. The molecule has 0 spiro atoms. The highest BCUT2D eigenvalue weighted by atomic mass is 16.2. The number of amides is 2. The molecule has 0 saturated carbocycles. The van der Waals surface area contributed by atoms with E-state index in [-0.39, 0.29) is 23.9 Å². The van der Waals surface area contributed by atoms with Crippen molar-refractivity contribution in [3.05, 3.63) is 29.6 Å². The van der Waals surface area contributed by atoms with E-state index in [0.717, 1.165) is 32.2 Å². The summed E-state index contributed by atoms with van der Waals surface area (Å²) < 4.78 is 0. The lowest BCUT2D eigenvalue weighted by atomic mass is 9.99.